The third-order valence-corrected chi connectivity index (χ3v) is 4.23. The zero-order chi connectivity index (χ0) is 18.1. The van der Waals surface area contributed by atoms with E-state index in [0.717, 1.165) is 32.1 Å². The molecule has 0 bridgehead atoms. The molecule has 142 valence electrons. The van der Waals surface area contributed by atoms with Crippen molar-refractivity contribution < 1.29 is 73.3 Å². The van der Waals surface area contributed by atoms with E-state index in [4.69, 9.17) is 0 Å². The van der Waals surface area contributed by atoms with Crippen LogP contribution in [0.4, 0.5) is 0 Å². The Morgan fingerprint density at radius 1 is 0.840 bits per heavy atom. The Labute approximate surface area is 196 Å². The van der Waals surface area contributed by atoms with Gasteiger partial charge in [0.05, 0.1) is 0 Å². The van der Waals surface area contributed by atoms with Crippen molar-refractivity contribution in [3.63, 3.8) is 0 Å². The van der Waals surface area contributed by atoms with Gasteiger partial charge in [-0.1, -0.05) is 70.4 Å². The molecule has 5 nitrogen and oxygen atoms in total. The van der Waals surface area contributed by atoms with Gasteiger partial charge in [0.15, 0.2) is 0 Å². The Balaban J connectivity index is 0. The minimum absolute atomic E-state index is 0. The van der Waals surface area contributed by atoms with Crippen LogP contribution >= 0.6 is 0 Å². The monoisotopic (exact) mass is 400 g/mol. The largest absolute Gasteiger partial charge is 1.00 e. The van der Waals surface area contributed by atoms with E-state index < -0.39 is 16.4 Å². The SMILES string of the molecule is CCCCCCCCC=CCCCCCCCC(=O)OS(=O)(=O)[O-].[K+]. The van der Waals surface area contributed by atoms with Crippen LogP contribution in [-0.2, 0) is 19.4 Å². The molecule has 25 heavy (non-hydrogen) atoms. The topological polar surface area (TPSA) is 83.5 Å². The molecule has 0 atom stereocenters. The molecule has 0 radical (unpaired) electrons. The average Bonchev–Trinajstić information content (AvgIpc) is 2.49. The molecule has 0 saturated heterocycles. The molecule has 0 spiro atoms. The maximum absolute atomic E-state index is 11.0. The third kappa shape index (κ3) is 24.8. The fraction of sp³-hybridized carbons (Fsp3) is 0.833. The van der Waals surface area contributed by atoms with Crippen molar-refractivity contribution in [1.29, 1.82) is 0 Å². The molecule has 0 rings (SSSR count). The summed E-state index contributed by atoms with van der Waals surface area (Å²) in [6.07, 6.45) is 19.4. The van der Waals surface area contributed by atoms with Crippen molar-refractivity contribution >= 4 is 16.4 Å². The van der Waals surface area contributed by atoms with Crippen LogP contribution in [0.5, 0.6) is 0 Å². The van der Waals surface area contributed by atoms with Crippen LogP contribution in [0.3, 0.4) is 0 Å². The second-order valence-corrected chi connectivity index (χ2v) is 7.18. The van der Waals surface area contributed by atoms with Gasteiger partial charge in [-0.05, 0) is 32.1 Å². The first kappa shape index (κ1) is 28.0. The number of carbonyl (C=O) groups is 1. The smallest absolute Gasteiger partial charge is 0.716 e. The van der Waals surface area contributed by atoms with E-state index in [9.17, 15) is 17.8 Å². The Morgan fingerprint density at radius 2 is 1.28 bits per heavy atom. The van der Waals surface area contributed by atoms with Gasteiger partial charge in [-0.15, -0.1) is 0 Å². The number of hydrogen-bond donors (Lipinski definition) is 0. The Morgan fingerprint density at radius 3 is 1.76 bits per heavy atom. The van der Waals surface area contributed by atoms with Crippen LogP contribution in [0.25, 0.3) is 0 Å². The minimum atomic E-state index is -4.90. The van der Waals surface area contributed by atoms with Crippen molar-refractivity contribution in [3.05, 3.63) is 12.2 Å². The number of unbranched alkanes of at least 4 members (excludes halogenated alkanes) is 11. The van der Waals surface area contributed by atoms with Gasteiger partial charge in [0.25, 0.3) is 10.4 Å². The molecule has 0 heterocycles. The third-order valence-electron chi connectivity index (χ3n) is 3.84. The molecule has 0 N–H and O–H groups in total. The van der Waals surface area contributed by atoms with E-state index in [1.165, 1.54) is 44.9 Å². The van der Waals surface area contributed by atoms with Gasteiger partial charge in [0.1, 0.15) is 0 Å². The standard InChI is InChI=1S/C18H34O5S.K/c1-2-3-4-5-6-7-8-9-10-11-12-13-14-15-16-17-18(19)23-24(20,21)22;/h9-10H,2-8,11-17H2,1H3,(H,20,21,22);/q;+1/p-1. The maximum atomic E-state index is 11.0. The van der Waals surface area contributed by atoms with Gasteiger partial charge in [-0.3, -0.25) is 4.79 Å². The van der Waals surface area contributed by atoms with Crippen molar-refractivity contribution in [2.24, 2.45) is 0 Å². The zero-order valence-electron chi connectivity index (χ0n) is 16.0. The Bertz CT molecular complexity index is 435. The molecule has 0 aromatic carbocycles. The number of carbonyl (C=O) groups excluding carboxylic acids is 1. The second-order valence-electron chi connectivity index (χ2n) is 6.20. The van der Waals surface area contributed by atoms with E-state index in [2.05, 4.69) is 23.3 Å². The number of hydrogen-bond acceptors (Lipinski definition) is 5. The fourth-order valence-corrected chi connectivity index (χ4v) is 2.81. The number of rotatable bonds is 16. The number of allylic oxidation sites excluding steroid dienone is 2. The Kier molecular flexibility index (Phi) is 21.8. The fourth-order valence-electron chi connectivity index (χ4n) is 2.50. The molecule has 0 unspecified atom stereocenters. The zero-order valence-corrected chi connectivity index (χ0v) is 19.9. The molecule has 0 aliphatic rings. The minimum Gasteiger partial charge on any atom is -0.716 e. The second kappa shape index (κ2) is 19.5. The normalized spacial score (nSPS) is 11.4. The van der Waals surface area contributed by atoms with Crippen molar-refractivity contribution in [2.75, 3.05) is 0 Å². The molecule has 0 aliphatic carbocycles. The van der Waals surface area contributed by atoms with Crippen LogP contribution in [0, 0.1) is 0 Å². The van der Waals surface area contributed by atoms with Gasteiger partial charge >= 0.3 is 57.4 Å². The molecule has 0 fully saturated rings. The molecule has 0 aliphatic heterocycles. The summed E-state index contributed by atoms with van der Waals surface area (Å²) in [6, 6.07) is 0. The van der Waals surface area contributed by atoms with Gasteiger partial charge in [0, 0.05) is 6.42 Å². The Hall–Kier alpha value is 0.756. The van der Waals surface area contributed by atoms with Crippen molar-refractivity contribution in [3.8, 4) is 0 Å². The summed E-state index contributed by atoms with van der Waals surface area (Å²) in [5, 5.41) is 0. The first-order chi connectivity index (χ1) is 11.5. The van der Waals surface area contributed by atoms with Crippen LogP contribution in [0.2, 0.25) is 0 Å². The van der Waals surface area contributed by atoms with Crippen LogP contribution < -0.4 is 51.4 Å². The van der Waals surface area contributed by atoms with Gasteiger partial charge in [-0.25, -0.2) is 8.42 Å². The first-order valence-corrected chi connectivity index (χ1v) is 10.6. The molecular weight excluding hydrogens is 367 g/mol. The van der Waals surface area contributed by atoms with E-state index >= 15 is 0 Å². The first-order valence-electron chi connectivity index (χ1n) is 9.29. The summed E-state index contributed by atoms with van der Waals surface area (Å²) in [5.41, 5.74) is 0. The molecule has 7 heteroatoms. The molecule has 0 aromatic heterocycles. The summed E-state index contributed by atoms with van der Waals surface area (Å²) < 4.78 is 34.3. The maximum Gasteiger partial charge on any atom is 1.00 e. The summed E-state index contributed by atoms with van der Waals surface area (Å²) >= 11 is 0. The van der Waals surface area contributed by atoms with Crippen molar-refractivity contribution in [2.45, 2.75) is 96.8 Å². The summed E-state index contributed by atoms with van der Waals surface area (Å²) in [6.45, 7) is 2.23. The van der Waals surface area contributed by atoms with Crippen LogP contribution in [0.15, 0.2) is 12.2 Å². The predicted molar refractivity (Wildman–Crippen MR) is 95.2 cm³/mol. The van der Waals surface area contributed by atoms with Crippen molar-refractivity contribution in [1.82, 2.24) is 0 Å². The van der Waals surface area contributed by atoms with Gasteiger partial charge < -0.3 is 8.74 Å². The summed E-state index contributed by atoms with van der Waals surface area (Å²) in [4.78, 5) is 11.0. The van der Waals surface area contributed by atoms with E-state index in [-0.39, 0.29) is 57.8 Å². The van der Waals surface area contributed by atoms with E-state index in [1.807, 2.05) is 0 Å². The van der Waals surface area contributed by atoms with Gasteiger partial charge in [-0.2, -0.15) is 0 Å². The summed E-state index contributed by atoms with van der Waals surface area (Å²) in [7, 11) is -4.90. The predicted octanol–water partition coefficient (Wildman–Crippen LogP) is 2.03. The van der Waals surface area contributed by atoms with E-state index in [0.29, 0.717) is 6.42 Å². The van der Waals surface area contributed by atoms with E-state index in [1.54, 1.807) is 0 Å². The van der Waals surface area contributed by atoms with Gasteiger partial charge in [0.2, 0.25) is 0 Å². The van der Waals surface area contributed by atoms with Crippen LogP contribution in [-0.4, -0.2) is 18.9 Å². The molecule has 0 saturated carbocycles. The molecule has 0 amide bonds. The quantitative estimate of drug-likeness (QED) is 0.130. The van der Waals surface area contributed by atoms with Crippen LogP contribution in [0.1, 0.15) is 96.8 Å². The molecule has 0 aromatic rings. The average molecular weight is 401 g/mol. The summed E-state index contributed by atoms with van der Waals surface area (Å²) in [5.74, 6) is -0.956. The molecular formula is C18H33KO5S.